The highest BCUT2D eigenvalue weighted by Crippen LogP contribution is 2.27. The predicted molar refractivity (Wildman–Crippen MR) is 59.6 cm³/mol. The van der Waals surface area contributed by atoms with Crippen molar-refractivity contribution in [1.82, 2.24) is 9.78 Å². The number of anilines is 1. The predicted octanol–water partition coefficient (Wildman–Crippen LogP) is 2.41. The molecule has 1 heterocycles. The zero-order chi connectivity index (χ0) is 13.3. The fraction of sp³-hybridized carbons (Fsp3) is 0.182. The van der Waals surface area contributed by atoms with Crippen molar-refractivity contribution in [3.05, 3.63) is 30.1 Å². The van der Waals surface area contributed by atoms with Crippen LogP contribution in [0.2, 0.25) is 0 Å². The average Bonchev–Trinajstić information content (AvgIpc) is 2.58. The fourth-order valence-corrected chi connectivity index (χ4v) is 1.49. The van der Waals surface area contributed by atoms with Gasteiger partial charge in [0, 0.05) is 24.7 Å². The Hall–Kier alpha value is -2.18. The number of aromatic nitrogens is 2. The molecule has 2 N–H and O–H groups in total. The third-order valence-corrected chi connectivity index (χ3v) is 2.36. The lowest BCUT2D eigenvalue weighted by atomic mass is 10.1. The third kappa shape index (κ3) is 2.39. The number of nitrogen functional groups attached to an aromatic ring is 1. The van der Waals surface area contributed by atoms with E-state index >= 15 is 0 Å². The molecule has 0 fully saturated rings. The van der Waals surface area contributed by atoms with Crippen LogP contribution in [0, 0.1) is 5.82 Å². The third-order valence-electron chi connectivity index (χ3n) is 2.36. The summed E-state index contributed by atoms with van der Waals surface area (Å²) in [4.78, 5) is 0. The molecular weight excluding hydrogens is 247 g/mol. The van der Waals surface area contributed by atoms with Crippen molar-refractivity contribution < 1.29 is 17.9 Å². The summed E-state index contributed by atoms with van der Waals surface area (Å²) in [5.41, 5.74) is 6.08. The van der Waals surface area contributed by atoms with E-state index in [1.54, 1.807) is 7.05 Å². The number of rotatable bonds is 3. The molecule has 0 aliphatic heterocycles. The molecule has 1 aromatic heterocycles. The van der Waals surface area contributed by atoms with Gasteiger partial charge >= 0.3 is 6.61 Å². The topological polar surface area (TPSA) is 53.1 Å². The summed E-state index contributed by atoms with van der Waals surface area (Å²) in [7, 11) is 1.62. The maximum Gasteiger partial charge on any atom is 0.387 e. The number of nitrogens with two attached hydrogens (primary N) is 1. The Morgan fingerprint density at radius 1 is 1.33 bits per heavy atom. The average molecular weight is 257 g/mol. The maximum atomic E-state index is 13.7. The number of benzene rings is 1. The molecular formula is C11H10F3N3O. The van der Waals surface area contributed by atoms with Gasteiger partial charge < -0.3 is 10.5 Å². The van der Waals surface area contributed by atoms with E-state index < -0.39 is 12.4 Å². The SMILES string of the molecule is Cn1nc(-c2ccc(OC(F)F)cc2F)cc1N. The standard InChI is InChI=1S/C11H10F3N3O/c1-17-10(15)5-9(16-17)7-3-2-6(4-8(7)12)18-11(13)14/h2-5,11H,15H2,1H3. The van der Waals surface area contributed by atoms with Crippen LogP contribution in [-0.2, 0) is 7.05 Å². The van der Waals surface area contributed by atoms with Crippen LogP contribution in [0.25, 0.3) is 11.3 Å². The van der Waals surface area contributed by atoms with Gasteiger partial charge in [-0.3, -0.25) is 4.68 Å². The lowest BCUT2D eigenvalue weighted by Crippen LogP contribution is -2.02. The molecule has 7 heteroatoms. The summed E-state index contributed by atoms with van der Waals surface area (Å²) in [6, 6.07) is 4.93. The van der Waals surface area contributed by atoms with Gasteiger partial charge in [-0.2, -0.15) is 13.9 Å². The van der Waals surface area contributed by atoms with E-state index in [2.05, 4.69) is 9.84 Å². The number of ether oxygens (including phenoxy) is 1. The highest BCUT2D eigenvalue weighted by molar-refractivity contribution is 5.63. The van der Waals surface area contributed by atoms with Crippen molar-refractivity contribution >= 4 is 5.82 Å². The molecule has 0 radical (unpaired) electrons. The minimum absolute atomic E-state index is 0.170. The van der Waals surface area contributed by atoms with Gasteiger partial charge in [-0.25, -0.2) is 4.39 Å². The Morgan fingerprint density at radius 2 is 2.06 bits per heavy atom. The number of hydrogen-bond donors (Lipinski definition) is 1. The number of hydrogen-bond acceptors (Lipinski definition) is 3. The molecule has 0 saturated heterocycles. The molecule has 2 rings (SSSR count). The largest absolute Gasteiger partial charge is 0.435 e. The van der Waals surface area contributed by atoms with Crippen molar-refractivity contribution in [2.24, 2.45) is 7.05 Å². The van der Waals surface area contributed by atoms with Gasteiger partial charge in [0.2, 0.25) is 0 Å². The van der Waals surface area contributed by atoms with Crippen LogP contribution in [0.4, 0.5) is 19.0 Å². The lowest BCUT2D eigenvalue weighted by Gasteiger charge is -2.05. The molecule has 1 aromatic carbocycles. The van der Waals surface area contributed by atoms with Gasteiger partial charge in [0.1, 0.15) is 17.4 Å². The maximum absolute atomic E-state index is 13.7. The molecule has 0 aliphatic rings. The van der Waals surface area contributed by atoms with Gasteiger partial charge in [-0.1, -0.05) is 0 Å². The number of aryl methyl sites for hydroxylation is 1. The van der Waals surface area contributed by atoms with Crippen LogP contribution in [0.3, 0.4) is 0 Å². The molecule has 96 valence electrons. The Morgan fingerprint density at radius 3 is 2.56 bits per heavy atom. The molecule has 2 aromatic rings. The smallest absolute Gasteiger partial charge is 0.387 e. The summed E-state index contributed by atoms with van der Waals surface area (Å²) in [5, 5.41) is 3.99. The summed E-state index contributed by atoms with van der Waals surface area (Å²) in [6.45, 7) is -2.99. The van der Waals surface area contributed by atoms with Crippen molar-refractivity contribution in [3.8, 4) is 17.0 Å². The van der Waals surface area contributed by atoms with E-state index in [0.717, 1.165) is 6.07 Å². The van der Waals surface area contributed by atoms with Gasteiger partial charge in [-0.05, 0) is 12.1 Å². The second kappa shape index (κ2) is 4.59. The number of halogens is 3. The second-order valence-corrected chi connectivity index (χ2v) is 3.60. The molecule has 0 aliphatic carbocycles. The first-order valence-corrected chi connectivity index (χ1v) is 5.01. The highest BCUT2D eigenvalue weighted by Gasteiger charge is 2.12. The zero-order valence-electron chi connectivity index (χ0n) is 9.40. The molecule has 0 amide bonds. The Balaban J connectivity index is 2.35. The van der Waals surface area contributed by atoms with Gasteiger partial charge in [0.25, 0.3) is 0 Å². The van der Waals surface area contributed by atoms with Crippen molar-refractivity contribution in [1.29, 1.82) is 0 Å². The van der Waals surface area contributed by atoms with Gasteiger partial charge in [-0.15, -0.1) is 0 Å². The minimum Gasteiger partial charge on any atom is -0.435 e. The van der Waals surface area contributed by atoms with Crippen LogP contribution in [-0.4, -0.2) is 16.4 Å². The van der Waals surface area contributed by atoms with Crippen LogP contribution < -0.4 is 10.5 Å². The molecule has 0 unspecified atom stereocenters. The van der Waals surface area contributed by atoms with Crippen LogP contribution >= 0.6 is 0 Å². The fourth-order valence-electron chi connectivity index (χ4n) is 1.49. The van der Waals surface area contributed by atoms with E-state index in [1.165, 1.54) is 22.9 Å². The van der Waals surface area contributed by atoms with Crippen LogP contribution in [0.1, 0.15) is 0 Å². The normalized spacial score (nSPS) is 10.9. The van der Waals surface area contributed by atoms with E-state index in [4.69, 9.17) is 5.73 Å². The summed E-state index contributed by atoms with van der Waals surface area (Å²) in [5.74, 6) is -0.571. The van der Waals surface area contributed by atoms with Crippen molar-refractivity contribution in [2.75, 3.05) is 5.73 Å². The van der Waals surface area contributed by atoms with E-state index in [9.17, 15) is 13.2 Å². The number of alkyl halides is 2. The molecule has 4 nitrogen and oxygen atoms in total. The van der Waals surface area contributed by atoms with Gasteiger partial charge in [0.05, 0.1) is 5.69 Å². The van der Waals surface area contributed by atoms with Crippen molar-refractivity contribution in [3.63, 3.8) is 0 Å². The lowest BCUT2D eigenvalue weighted by molar-refractivity contribution is -0.0499. The quantitative estimate of drug-likeness (QED) is 0.918. The zero-order valence-corrected chi connectivity index (χ0v) is 9.40. The highest BCUT2D eigenvalue weighted by atomic mass is 19.3. The molecule has 0 saturated carbocycles. The van der Waals surface area contributed by atoms with Crippen LogP contribution in [0.15, 0.2) is 24.3 Å². The first-order valence-electron chi connectivity index (χ1n) is 5.01. The Bertz CT molecular complexity index is 549. The van der Waals surface area contributed by atoms with Crippen molar-refractivity contribution in [2.45, 2.75) is 6.61 Å². The molecule has 0 atom stereocenters. The monoisotopic (exact) mass is 257 g/mol. The van der Waals surface area contributed by atoms with Crippen LogP contribution in [0.5, 0.6) is 5.75 Å². The first kappa shape index (κ1) is 12.3. The summed E-state index contributed by atoms with van der Waals surface area (Å²) in [6.07, 6.45) is 0. The van der Waals surface area contributed by atoms with E-state index in [-0.39, 0.29) is 11.3 Å². The molecule has 0 spiro atoms. The summed E-state index contributed by atoms with van der Waals surface area (Å²) >= 11 is 0. The summed E-state index contributed by atoms with van der Waals surface area (Å²) < 4.78 is 43.1. The second-order valence-electron chi connectivity index (χ2n) is 3.60. The Kier molecular flexibility index (Phi) is 3.14. The Labute approximate surface area is 101 Å². The number of nitrogens with zero attached hydrogens (tertiary/aromatic N) is 2. The first-order chi connectivity index (χ1) is 8.47. The van der Waals surface area contributed by atoms with E-state index in [1.807, 2.05) is 0 Å². The molecule has 18 heavy (non-hydrogen) atoms. The van der Waals surface area contributed by atoms with Gasteiger partial charge in [0.15, 0.2) is 0 Å². The minimum atomic E-state index is -2.99. The molecule has 0 bridgehead atoms. The van der Waals surface area contributed by atoms with E-state index in [0.29, 0.717) is 11.5 Å².